The number of nitrogens with zero attached hydrogens (tertiary/aromatic N) is 1. The SMILES string of the molecule is Cc1c(C(F)(F)F)ccnc1I. The van der Waals surface area contributed by atoms with Crippen molar-refractivity contribution >= 4 is 22.6 Å². The highest BCUT2D eigenvalue weighted by atomic mass is 127. The molecule has 1 aromatic heterocycles. The van der Waals surface area contributed by atoms with Crippen LogP contribution in [0.4, 0.5) is 13.2 Å². The molecule has 0 fully saturated rings. The molecule has 1 nitrogen and oxygen atoms in total. The lowest BCUT2D eigenvalue weighted by Crippen LogP contribution is -2.08. The molecule has 1 heterocycles. The van der Waals surface area contributed by atoms with E-state index in [4.69, 9.17) is 0 Å². The van der Waals surface area contributed by atoms with Gasteiger partial charge in [-0.25, -0.2) is 0 Å². The molecule has 0 aliphatic heterocycles. The Labute approximate surface area is 81.1 Å². The third-order valence-electron chi connectivity index (χ3n) is 1.45. The van der Waals surface area contributed by atoms with E-state index in [0.717, 1.165) is 12.3 Å². The summed E-state index contributed by atoms with van der Waals surface area (Å²) < 4.78 is 37.0. The van der Waals surface area contributed by atoms with Crippen LogP contribution in [-0.2, 0) is 6.18 Å². The van der Waals surface area contributed by atoms with Gasteiger partial charge in [0.05, 0.1) is 5.56 Å². The van der Waals surface area contributed by atoms with Crippen LogP contribution in [0.2, 0.25) is 0 Å². The van der Waals surface area contributed by atoms with Crippen LogP contribution in [0.25, 0.3) is 0 Å². The van der Waals surface area contributed by atoms with Crippen molar-refractivity contribution in [2.45, 2.75) is 13.1 Å². The van der Waals surface area contributed by atoms with E-state index in [2.05, 4.69) is 4.98 Å². The highest BCUT2D eigenvalue weighted by Gasteiger charge is 2.32. The van der Waals surface area contributed by atoms with E-state index < -0.39 is 11.7 Å². The van der Waals surface area contributed by atoms with Crippen molar-refractivity contribution in [1.82, 2.24) is 4.98 Å². The van der Waals surface area contributed by atoms with Crippen LogP contribution in [-0.4, -0.2) is 4.98 Å². The quantitative estimate of drug-likeness (QED) is 0.528. The lowest BCUT2D eigenvalue weighted by atomic mass is 10.1. The van der Waals surface area contributed by atoms with Crippen LogP contribution in [0.15, 0.2) is 12.3 Å². The van der Waals surface area contributed by atoms with Crippen molar-refractivity contribution in [3.05, 3.63) is 27.1 Å². The van der Waals surface area contributed by atoms with Crippen molar-refractivity contribution in [2.24, 2.45) is 0 Å². The third kappa shape index (κ3) is 1.88. The highest BCUT2D eigenvalue weighted by Crippen LogP contribution is 2.32. The van der Waals surface area contributed by atoms with Gasteiger partial charge in [0.1, 0.15) is 3.70 Å². The van der Waals surface area contributed by atoms with E-state index in [1.54, 1.807) is 22.6 Å². The van der Waals surface area contributed by atoms with Crippen LogP contribution in [0, 0.1) is 10.6 Å². The molecule has 1 rings (SSSR count). The minimum Gasteiger partial charge on any atom is -0.250 e. The first kappa shape index (κ1) is 9.76. The number of halogens is 4. The average molecular weight is 287 g/mol. The molecule has 0 atom stereocenters. The van der Waals surface area contributed by atoms with Gasteiger partial charge in [-0.1, -0.05) is 0 Å². The molecular formula is C7H5F3IN. The van der Waals surface area contributed by atoms with E-state index in [1.807, 2.05) is 0 Å². The van der Waals surface area contributed by atoms with Crippen LogP contribution in [0.3, 0.4) is 0 Å². The maximum Gasteiger partial charge on any atom is 0.416 e. The first-order valence-corrected chi connectivity index (χ1v) is 4.19. The topological polar surface area (TPSA) is 12.9 Å². The molecule has 0 unspecified atom stereocenters. The van der Waals surface area contributed by atoms with Gasteiger partial charge in [-0.3, -0.25) is 4.98 Å². The van der Waals surface area contributed by atoms with Crippen molar-refractivity contribution in [1.29, 1.82) is 0 Å². The predicted molar refractivity (Wildman–Crippen MR) is 46.7 cm³/mol. The Balaban J connectivity index is 3.26. The minimum absolute atomic E-state index is 0.186. The van der Waals surface area contributed by atoms with Gasteiger partial charge in [-0.05, 0) is 41.1 Å². The summed E-state index contributed by atoms with van der Waals surface area (Å²) >= 11 is 1.78. The Kier molecular flexibility index (Phi) is 2.60. The maximum absolute atomic E-state index is 12.2. The van der Waals surface area contributed by atoms with Crippen molar-refractivity contribution < 1.29 is 13.2 Å². The molecule has 66 valence electrons. The lowest BCUT2D eigenvalue weighted by Gasteiger charge is -2.09. The van der Waals surface area contributed by atoms with E-state index in [9.17, 15) is 13.2 Å². The summed E-state index contributed by atoms with van der Waals surface area (Å²) in [5.41, 5.74) is -0.424. The van der Waals surface area contributed by atoms with Gasteiger partial charge in [0, 0.05) is 6.20 Å². The van der Waals surface area contributed by atoms with Gasteiger partial charge in [-0.15, -0.1) is 0 Å². The van der Waals surface area contributed by atoms with E-state index in [0.29, 0.717) is 3.70 Å². The van der Waals surface area contributed by atoms with Crippen molar-refractivity contribution in [3.8, 4) is 0 Å². The van der Waals surface area contributed by atoms with Gasteiger partial charge < -0.3 is 0 Å². The molecule has 0 N–H and O–H groups in total. The second-order valence-corrected chi connectivity index (χ2v) is 3.29. The van der Waals surface area contributed by atoms with E-state index in [1.165, 1.54) is 6.92 Å². The second-order valence-electron chi connectivity index (χ2n) is 2.27. The van der Waals surface area contributed by atoms with Gasteiger partial charge in [0.2, 0.25) is 0 Å². The maximum atomic E-state index is 12.2. The smallest absolute Gasteiger partial charge is 0.250 e. The lowest BCUT2D eigenvalue weighted by molar-refractivity contribution is -0.138. The summed E-state index contributed by atoms with van der Waals surface area (Å²) in [5.74, 6) is 0. The third-order valence-corrected chi connectivity index (χ3v) is 2.54. The zero-order chi connectivity index (χ0) is 9.35. The van der Waals surface area contributed by atoms with Crippen molar-refractivity contribution in [2.75, 3.05) is 0 Å². The number of rotatable bonds is 0. The van der Waals surface area contributed by atoms with Gasteiger partial charge in [0.15, 0.2) is 0 Å². The molecule has 0 aliphatic rings. The molecule has 0 amide bonds. The first-order chi connectivity index (χ1) is 5.43. The Morgan fingerprint density at radius 1 is 1.42 bits per heavy atom. The Morgan fingerprint density at radius 2 is 2.00 bits per heavy atom. The molecule has 0 saturated heterocycles. The molecule has 5 heteroatoms. The number of hydrogen-bond acceptors (Lipinski definition) is 1. The molecule has 0 saturated carbocycles. The number of hydrogen-bond donors (Lipinski definition) is 0. The molecule has 0 aliphatic carbocycles. The molecule has 12 heavy (non-hydrogen) atoms. The van der Waals surface area contributed by atoms with E-state index >= 15 is 0 Å². The molecular weight excluding hydrogens is 282 g/mol. The van der Waals surface area contributed by atoms with Crippen molar-refractivity contribution in [3.63, 3.8) is 0 Å². The Bertz CT molecular complexity index is 295. The largest absolute Gasteiger partial charge is 0.416 e. The monoisotopic (exact) mass is 287 g/mol. The second kappa shape index (κ2) is 3.20. The van der Waals surface area contributed by atoms with Crippen LogP contribution >= 0.6 is 22.6 Å². The number of pyridine rings is 1. The first-order valence-electron chi connectivity index (χ1n) is 3.11. The minimum atomic E-state index is -4.27. The molecule has 1 aromatic rings. The summed E-state index contributed by atoms with van der Waals surface area (Å²) in [5, 5.41) is 0. The Morgan fingerprint density at radius 3 is 2.42 bits per heavy atom. The molecule has 0 bridgehead atoms. The van der Waals surface area contributed by atoms with Gasteiger partial charge in [0.25, 0.3) is 0 Å². The number of aromatic nitrogens is 1. The fraction of sp³-hybridized carbons (Fsp3) is 0.286. The summed E-state index contributed by atoms with van der Waals surface area (Å²) in [4.78, 5) is 3.74. The summed E-state index contributed by atoms with van der Waals surface area (Å²) in [6.07, 6.45) is -3.11. The predicted octanol–water partition coefficient (Wildman–Crippen LogP) is 3.01. The number of alkyl halides is 3. The average Bonchev–Trinajstić information content (AvgIpc) is 1.92. The van der Waals surface area contributed by atoms with Crippen LogP contribution < -0.4 is 0 Å². The van der Waals surface area contributed by atoms with Crippen LogP contribution in [0.1, 0.15) is 11.1 Å². The molecule has 0 aromatic carbocycles. The zero-order valence-electron chi connectivity index (χ0n) is 6.11. The molecule has 0 spiro atoms. The Hall–Kier alpha value is -0.330. The fourth-order valence-corrected chi connectivity index (χ4v) is 1.27. The molecule has 0 radical (unpaired) electrons. The summed E-state index contributed by atoms with van der Waals surface area (Å²) in [6.45, 7) is 1.41. The van der Waals surface area contributed by atoms with Gasteiger partial charge >= 0.3 is 6.18 Å². The normalized spacial score (nSPS) is 11.8. The zero-order valence-corrected chi connectivity index (χ0v) is 8.27. The summed E-state index contributed by atoms with van der Waals surface area (Å²) in [7, 11) is 0. The van der Waals surface area contributed by atoms with E-state index in [-0.39, 0.29) is 5.56 Å². The summed E-state index contributed by atoms with van der Waals surface area (Å²) in [6, 6.07) is 0.984. The fourth-order valence-electron chi connectivity index (χ4n) is 0.817. The standard InChI is InChI=1S/C7H5F3IN/c1-4-5(7(8,9)10)2-3-12-6(4)11/h2-3H,1H3. The highest BCUT2D eigenvalue weighted by molar-refractivity contribution is 14.1. The van der Waals surface area contributed by atoms with Gasteiger partial charge in [-0.2, -0.15) is 13.2 Å². The van der Waals surface area contributed by atoms with Crippen LogP contribution in [0.5, 0.6) is 0 Å².